The molecule has 1 aliphatic rings. The van der Waals surface area contributed by atoms with Crippen LogP contribution >= 0.6 is 0 Å². The highest BCUT2D eigenvalue weighted by Gasteiger charge is 2.31. The van der Waals surface area contributed by atoms with Gasteiger partial charge in [-0.25, -0.2) is 4.39 Å². The van der Waals surface area contributed by atoms with Crippen molar-refractivity contribution < 1.29 is 9.13 Å². The van der Waals surface area contributed by atoms with Gasteiger partial charge in [0.1, 0.15) is 5.82 Å². The van der Waals surface area contributed by atoms with E-state index in [1.165, 1.54) is 0 Å². The van der Waals surface area contributed by atoms with Gasteiger partial charge in [0, 0.05) is 12.6 Å². The fraction of sp³-hybridized carbons (Fsp3) is 0.625. The van der Waals surface area contributed by atoms with Gasteiger partial charge in [0.05, 0.1) is 11.7 Å². The van der Waals surface area contributed by atoms with E-state index in [9.17, 15) is 4.39 Å². The molecule has 106 valence electrons. The van der Waals surface area contributed by atoms with Crippen molar-refractivity contribution in [3.63, 3.8) is 0 Å². The molecule has 1 aliphatic heterocycles. The molecule has 1 heterocycles. The molecule has 1 N–H and O–H groups in total. The Morgan fingerprint density at radius 1 is 1.47 bits per heavy atom. The Morgan fingerprint density at radius 2 is 2.21 bits per heavy atom. The highest BCUT2D eigenvalue weighted by Crippen LogP contribution is 2.29. The van der Waals surface area contributed by atoms with Gasteiger partial charge < -0.3 is 10.1 Å². The maximum atomic E-state index is 13.5. The van der Waals surface area contributed by atoms with E-state index in [1.54, 1.807) is 13.0 Å². The first kappa shape index (κ1) is 14.5. The van der Waals surface area contributed by atoms with Crippen molar-refractivity contribution in [2.45, 2.75) is 58.3 Å². The molecule has 2 atom stereocenters. The fourth-order valence-corrected chi connectivity index (χ4v) is 2.53. The van der Waals surface area contributed by atoms with Crippen LogP contribution in [0.1, 0.15) is 50.8 Å². The lowest BCUT2D eigenvalue weighted by atomic mass is 10.0. The van der Waals surface area contributed by atoms with Crippen LogP contribution in [-0.2, 0) is 4.74 Å². The molecule has 2 rings (SSSR count). The number of benzene rings is 1. The highest BCUT2D eigenvalue weighted by atomic mass is 19.1. The minimum Gasteiger partial charge on any atom is -0.371 e. The molecule has 19 heavy (non-hydrogen) atoms. The SMILES string of the molecule is Cc1ccc(C(C)NCC2CCC(C)(C)O2)cc1F. The van der Waals surface area contributed by atoms with Gasteiger partial charge in [0.15, 0.2) is 0 Å². The third kappa shape index (κ3) is 3.77. The number of hydrogen-bond acceptors (Lipinski definition) is 2. The molecule has 1 aromatic rings. The Kier molecular flexibility index (Phi) is 4.26. The number of nitrogens with one attached hydrogen (secondary N) is 1. The van der Waals surface area contributed by atoms with Crippen LogP contribution in [0.2, 0.25) is 0 Å². The lowest BCUT2D eigenvalue weighted by Crippen LogP contribution is -2.31. The standard InChI is InChI=1S/C16H24FNO/c1-11-5-6-13(9-15(11)17)12(2)18-10-14-7-8-16(3,4)19-14/h5-6,9,12,14,18H,7-8,10H2,1-4H3. The zero-order chi connectivity index (χ0) is 14.0. The molecule has 0 aromatic heterocycles. The lowest BCUT2D eigenvalue weighted by molar-refractivity contribution is -0.0150. The average Bonchev–Trinajstić information content (AvgIpc) is 2.69. The quantitative estimate of drug-likeness (QED) is 0.895. The molecule has 1 saturated heterocycles. The van der Waals surface area contributed by atoms with E-state index in [1.807, 2.05) is 12.1 Å². The van der Waals surface area contributed by atoms with Crippen molar-refractivity contribution in [3.05, 3.63) is 35.1 Å². The second-order valence-electron chi connectivity index (χ2n) is 6.18. The normalized spacial score (nSPS) is 23.5. The van der Waals surface area contributed by atoms with E-state index < -0.39 is 0 Å². The third-order valence-electron chi connectivity index (χ3n) is 3.90. The van der Waals surface area contributed by atoms with E-state index in [-0.39, 0.29) is 23.6 Å². The summed E-state index contributed by atoms with van der Waals surface area (Å²) in [4.78, 5) is 0. The maximum Gasteiger partial charge on any atom is 0.126 e. The van der Waals surface area contributed by atoms with E-state index in [0.29, 0.717) is 5.56 Å². The summed E-state index contributed by atoms with van der Waals surface area (Å²) < 4.78 is 19.5. The van der Waals surface area contributed by atoms with E-state index in [0.717, 1.165) is 24.9 Å². The molecule has 3 heteroatoms. The molecule has 1 fully saturated rings. The Labute approximate surface area is 115 Å². The molecule has 0 saturated carbocycles. The van der Waals surface area contributed by atoms with Crippen molar-refractivity contribution in [1.82, 2.24) is 5.32 Å². The summed E-state index contributed by atoms with van der Waals surface area (Å²) in [5, 5.41) is 3.43. The van der Waals surface area contributed by atoms with E-state index in [4.69, 9.17) is 4.74 Å². The predicted octanol–water partition coefficient (Wildman–Crippen LogP) is 3.74. The largest absolute Gasteiger partial charge is 0.371 e. The Balaban J connectivity index is 1.87. The van der Waals surface area contributed by atoms with Crippen LogP contribution in [-0.4, -0.2) is 18.2 Å². The summed E-state index contributed by atoms with van der Waals surface area (Å²) in [5.74, 6) is -0.135. The first-order valence-electron chi connectivity index (χ1n) is 7.05. The van der Waals surface area contributed by atoms with Gasteiger partial charge in [0.25, 0.3) is 0 Å². The fourth-order valence-electron chi connectivity index (χ4n) is 2.53. The Morgan fingerprint density at radius 3 is 2.79 bits per heavy atom. The zero-order valence-electron chi connectivity index (χ0n) is 12.3. The molecule has 0 spiro atoms. The smallest absolute Gasteiger partial charge is 0.126 e. The van der Waals surface area contributed by atoms with Gasteiger partial charge in [-0.2, -0.15) is 0 Å². The van der Waals surface area contributed by atoms with Crippen LogP contribution in [0.3, 0.4) is 0 Å². The predicted molar refractivity (Wildman–Crippen MR) is 75.7 cm³/mol. The molecule has 0 amide bonds. The number of halogens is 1. The molecule has 0 aliphatic carbocycles. The molecular formula is C16H24FNO. The second kappa shape index (κ2) is 5.59. The zero-order valence-corrected chi connectivity index (χ0v) is 12.3. The van der Waals surface area contributed by atoms with Gasteiger partial charge in [-0.3, -0.25) is 0 Å². The van der Waals surface area contributed by atoms with Crippen LogP contribution in [0, 0.1) is 12.7 Å². The van der Waals surface area contributed by atoms with E-state index in [2.05, 4.69) is 26.1 Å². The topological polar surface area (TPSA) is 21.3 Å². The summed E-state index contributed by atoms with van der Waals surface area (Å²) in [6, 6.07) is 5.57. The summed E-state index contributed by atoms with van der Waals surface area (Å²) >= 11 is 0. The summed E-state index contributed by atoms with van der Waals surface area (Å²) in [7, 11) is 0. The number of ether oxygens (including phenoxy) is 1. The first-order valence-corrected chi connectivity index (χ1v) is 7.05. The van der Waals surface area contributed by atoms with Crippen LogP contribution in [0.4, 0.5) is 4.39 Å². The highest BCUT2D eigenvalue weighted by molar-refractivity contribution is 5.25. The van der Waals surface area contributed by atoms with Crippen molar-refractivity contribution in [3.8, 4) is 0 Å². The van der Waals surface area contributed by atoms with Crippen LogP contribution < -0.4 is 5.32 Å². The van der Waals surface area contributed by atoms with Crippen LogP contribution in [0.5, 0.6) is 0 Å². The molecule has 0 bridgehead atoms. The summed E-state index contributed by atoms with van der Waals surface area (Å²) in [5.41, 5.74) is 1.68. The first-order chi connectivity index (χ1) is 8.87. The monoisotopic (exact) mass is 265 g/mol. The van der Waals surface area contributed by atoms with Crippen LogP contribution in [0.15, 0.2) is 18.2 Å². The van der Waals surface area contributed by atoms with Crippen molar-refractivity contribution in [2.75, 3.05) is 6.54 Å². The number of rotatable bonds is 4. The minimum atomic E-state index is -0.135. The molecule has 1 aromatic carbocycles. The lowest BCUT2D eigenvalue weighted by Gasteiger charge is -2.21. The Hall–Kier alpha value is -0.930. The molecule has 0 radical (unpaired) electrons. The molecule has 2 nitrogen and oxygen atoms in total. The van der Waals surface area contributed by atoms with Gasteiger partial charge in [-0.1, -0.05) is 12.1 Å². The van der Waals surface area contributed by atoms with Crippen molar-refractivity contribution in [2.24, 2.45) is 0 Å². The van der Waals surface area contributed by atoms with Crippen molar-refractivity contribution in [1.29, 1.82) is 0 Å². The van der Waals surface area contributed by atoms with E-state index >= 15 is 0 Å². The number of aryl methyl sites for hydroxylation is 1. The van der Waals surface area contributed by atoms with Gasteiger partial charge in [-0.15, -0.1) is 0 Å². The Bertz CT molecular complexity index is 444. The van der Waals surface area contributed by atoms with Gasteiger partial charge >= 0.3 is 0 Å². The van der Waals surface area contributed by atoms with Crippen molar-refractivity contribution >= 4 is 0 Å². The average molecular weight is 265 g/mol. The maximum absolute atomic E-state index is 13.5. The minimum absolute atomic E-state index is 0.00551. The third-order valence-corrected chi connectivity index (χ3v) is 3.90. The van der Waals surface area contributed by atoms with Gasteiger partial charge in [0.2, 0.25) is 0 Å². The molecular weight excluding hydrogens is 241 g/mol. The summed E-state index contributed by atoms with van der Waals surface area (Å²) in [6.45, 7) is 8.92. The van der Waals surface area contributed by atoms with Gasteiger partial charge in [-0.05, 0) is 57.7 Å². The number of hydrogen-bond donors (Lipinski definition) is 1. The molecule has 2 unspecified atom stereocenters. The summed E-state index contributed by atoms with van der Waals surface area (Å²) in [6.07, 6.45) is 2.47. The second-order valence-corrected chi connectivity index (χ2v) is 6.18. The van der Waals surface area contributed by atoms with Crippen LogP contribution in [0.25, 0.3) is 0 Å².